The van der Waals surface area contributed by atoms with Crippen LogP contribution < -0.4 is 4.90 Å². The van der Waals surface area contributed by atoms with Crippen molar-refractivity contribution in [3.8, 4) is 5.69 Å². The van der Waals surface area contributed by atoms with Gasteiger partial charge in [-0.25, -0.2) is 14.5 Å². The quantitative estimate of drug-likeness (QED) is 0.752. The lowest BCUT2D eigenvalue weighted by atomic mass is 10.1. The molecule has 1 fully saturated rings. The number of para-hydroxylation sites is 1. The number of aromatic nitrogens is 3. The third kappa shape index (κ3) is 2.80. The normalized spacial score (nSPS) is 15.5. The number of benzene rings is 1. The maximum atomic E-state index is 11.6. The van der Waals surface area contributed by atoms with Gasteiger partial charge >= 0.3 is 5.97 Å². The van der Waals surface area contributed by atoms with Crippen LogP contribution in [0.2, 0.25) is 0 Å². The maximum absolute atomic E-state index is 11.6. The summed E-state index contributed by atoms with van der Waals surface area (Å²) in [7, 11) is 0. The Morgan fingerprint density at radius 2 is 1.88 bits per heavy atom. The molecule has 2 aromatic heterocycles. The number of nitrogens with zero attached hydrogens (tertiary/aromatic N) is 4. The van der Waals surface area contributed by atoms with Crippen LogP contribution in [-0.4, -0.2) is 50.1 Å². The Morgan fingerprint density at radius 3 is 2.54 bits per heavy atom. The van der Waals surface area contributed by atoms with Crippen molar-refractivity contribution >= 4 is 22.7 Å². The molecule has 0 aliphatic carbocycles. The van der Waals surface area contributed by atoms with Crippen LogP contribution in [0.25, 0.3) is 16.7 Å². The molecule has 0 spiro atoms. The maximum Gasteiger partial charge on any atom is 0.354 e. The number of rotatable bonds is 3. The van der Waals surface area contributed by atoms with Gasteiger partial charge in [0.2, 0.25) is 0 Å². The topological polar surface area (TPSA) is 91.5 Å². The number of carboxylic acid groups (broad SMARTS) is 1. The number of carbonyl (C=O) groups is 1. The van der Waals surface area contributed by atoms with E-state index in [-0.39, 0.29) is 11.8 Å². The number of pyridine rings is 1. The van der Waals surface area contributed by atoms with Crippen molar-refractivity contribution in [3.05, 3.63) is 47.8 Å². The number of piperidine rings is 1. The highest BCUT2D eigenvalue weighted by Gasteiger charge is 2.24. The lowest BCUT2D eigenvalue weighted by Crippen LogP contribution is -2.36. The first-order chi connectivity index (χ1) is 12.5. The Kier molecular flexibility index (Phi) is 4.08. The average molecular weight is 352 g/mol. The molecule has 3 heterocycles. The summed E-state index contributed by atoms with van der Waals surface area (Å²) >= 11 is 0. The Labute approximate surface area is 150 Å². The van der Waals surface area contributed by atoms with Gasteiger partial charge in [-0.15, -0.1) is 0 Å². The smallest absolute Gasteiger partial charge is 0.354 e. The molecule has 7 nitrogen and oxygen atoms in total. The fourth-order valence-corrected chi connectivity index (χ4v) is 3.48. The number of hydrogen-bond acceptors (Lipinski definition) is 5. The second-order valence-corrected chi connectivity index (χ2v) is 6.58. The summed E-state index contributed by atoms with van der Waals surface area (Å²) in [6.07, 6.45) is 1.03. The summed E-state index contributed by atoms with van der Waals surface area (Å²) < 4.78 is 1.69. The van der Waals surface area contributed by atoms with E-state index >= 15 is 0 Å². The van der Waals surface area contributed by atoms with Crippen molar-refractivity contribution < 1.29 is 15.0 Å². The molecule has 3 aromatic rings. The molecule has 1 saturated heterocycles. The first kappa shape index (κ1) is 16.5. The van der Waals surface area contributed by atoms with Gasteiger partial charge in [0.05, 0.1) is 28.6 Å². The van der Waals surface area contributed by atoms with E-state index < -0.39 is 5.97 Å². The standard InChI is InChI=1S/C19H20N4O3/c1-12-17-16(22-9-7-14(24)8-10-22)11-15(19(25)26)20-18(17)23(21-12)13-5-3-2-4-6-13/h2-6,11,14,24H,7-10H2,1H3,(H,25,26). The van der Waals surface area contributed by atoms with Crippen LogP contribution in [0.3, 0.4) is 0 Å². The van der Waals surface area contributed by atoms with Gasteiger partial charge < -0.3 is 15.1 Å². The number of hydrogen-bond donors (Lipinski definition) is 2. The molecule has 0 unspecified atom stereocenters. The second kappa shape index (κ2) is 6.42. The van der Waals surface area contributed by atoms with Crippen molar-refractivity contribution in [2.75, 3.05) is 18.0 Å². The number of anilines is 1. The van der Waals surface area contributed by atoms with E-state index in [1.165, 1.54) is 0 Å². The van der Waals surface area contributed by atoms with Crippen LogP contribution in [0.5, 0.6) is 0 Å². The molecule has 0 radical (unpaired) electrons. The summed E-state index contributed by atoms with van der Waals surface area (Å²) in [5.74, 6) is -1.07. The highest BCUT2D eigenvalue weighted by molar-refractivity contribution is 5.98. The largest absolute Gasteiger partial charge is 0.477 e. The van der Waals surface area contributed by atoms with Crippen molar-refractivity contribution in [3.63, 3.8) is 0 Å². The summed E-state index contributed by atoms with van der Waals surface area (Å²) in [5.41, 5.74) is 2.99. The molecule has 2 N–H and O–H groups in total. The third-order valence-corrected chi connectivity index (χ3v) is 4.82. The molecular weight excluding hydrogens is 332 g/mol. The molecule has 4 rings (SSSR count). The van der Waals surface area contributed by atoms with Gasteiger partial charge in [0.15, 0.2) is 11.3 Å². The fraction of sp³-hybridized carbons (Fsp3) is 0.316. The van der Waals surface area contributed by atoms with E-state index in [2.05, 4.69) is 15.0 Å². The molecule has 0 atom stereocenters. The Balaban J connectivity index is 1.94. The minimum atomic E-state index is -1.07. The van der Waals surface area contributed by atoms with E-state index in [4.69, 9.17) is 0 Å². The minimum absolute atomic E-state index is 0.00398. The van der Waals surface area contributed by atoms with Gasteiger partial charge in [0, 0.05) is 13.1 Å². The van der Waals surface area contributed by atoms with Crippen LogP contribution in [-0.2, 0) is 0 Å². The molecule has 0 amide bonds. The number of aryl methyl sites for hydroxylation is 1. The molecule has 26 heavy (non-hydrogen) atoms. The zero-order chi connectivity index (χ0) is 18.3. The SMILES string of the molecule is Cc1nn(-c2ccccc2)c2nc(C(=O)O)cc(N3CCC(O)CC3)c12. The molecule has 134 valence electrons. The number of aliphatic hydroxyl groups is 1. The van der Waals surface area contributed by atoms with Gasteiger partial charge in [0.25, 0.3) is 0 Å². The van der Waals surface area contributed by atoms with E-state index in [0.29, 0.717) is 31.6 Å². The van der Waals surface area contributed by atoms with Crippen LogP contribution in [0.1, 0.15) is 29.0 Å². The molecule has 1 aliphatic rings. The van der Waals surface area contributed by atoms with E-state index in [1.54, 1.807) is 10.7 Å². The van der Waals surface area contributed by atoms with E-state index in [0.717, 1.165) is 22.5 Å². The molecule has 1 aromatic carbocycles. The zero-order valence-corrected chi connectivity index (χ0v) is 14.5. The van der Waals surface area contributed by atoms with E-state index in [9.17, 15) is 15.0 Å². The number of aliphatic hydroxyl groups excluding tert-OH is 1. The fourth-order valence-electron chi connectivity index (χ4n) is 3.48. The lowest BCUT2D eigenvalue weighted by Gasteiger charge is -2.32. The third-order valence-electron chi connectivity index (χ3n) is 4.82. The predicted molar refractivity (Wildman–Crippen MR) is 98.0 cm³/mol. The second-order valence-electron chi connectivity index (χ2n) is 6.58. The average Bonchev–Trinajstić information content (AvgIpc) is 2.99. The Bertz CT molecular complexity index is 960. The van der Waals surface area contributed by atoms with Gasteiger partial charge in [0.1, 0.15) is 0 Å². The van der Waals surface area contributed by atoms with Crippen LogP contribution >= 0.6 is 0 Å². The number of carboxylic acids is 1. The van der Waals surface area contributed by atoms with Gasteiger partial charge in [-0.2, -0.15) is 5.10 Å². The van der Waals surface area contributed by atoms with Gasteiger partial charge in [-0.05, 0) is 38.0 Å². The first-order valence-corrected chi connectivity index (χ1v) is 8.66. The van der Waals surface area contributed by atoms with E-state index in [1.807, 2.05) is 37.3 Å². The molecule has 7 heteroatoms. The molecule has 0 bridgehead atoms. The van der Waals surface area contributed by atoms with Crippen molar-refractivity contribution in [1.82, 2.24) is 14.8 Å². The molecule has 1 aliphatic heterocycles. The Hall–Kier alpha value is -2.93. The monoisotopic (exact) mass is 352 g/mol. The number of fused-ring (bicyclic) bond motifs is 1. The van der Waals surface area contributed by atoms with Crippen molar-refractivity contribution in [1.29, 1.82) is 0 Å². The lowest BCUT2D eigenvalue weighted by molar-refractivity contribution is 0.0690. The predicted octanol–water partition coefficient (Wildman–Crippen LogP) is 2.39. The van der Waals surface area contributed by atoms with Gasteiger partial charge in [-0.3, -0.25) is 0 Å². The minimum Gasteiger partial charge on any atom is -0.477 e. The molecular formula is C19H20N4O3. The van der Waals surface area contributed by atoms with Crippen LogP contribution in [0.4, 0.5) is 5.69 Å². The Morgan fingerprint density at radius 1 is 1.19 bits per heavy atom. The summed E-state index contributed by atoms with van der Waals surface area (Å²) in [6, 6.07) is 11.2. The van der Waals surface area contributed by atoms with Crippen LogP contribution in [0.15, 0.2) is 36.4 Å². The van der Waals surface area contributed by atoms with Gasteiger partial charge in [-0.1, -0.05) is 18.2 Å². The highest BCUT2D eigenvalue weighted by atomic mass is 16.4. The van der Waals surface area contributed by atoms with Crippen LogP contribution in [0, 0.1) is 6.92 Å². The number of aromatic carboxylic acids is 1. The summed E-state index contributed by atoms with van der Waals surface area (Å²) in [4.78, 5) is 18.1. The highest BCUT2D eigenvalue weighted by Crippen LogP contribution is 2.32. The zero-order valence-electron chi connectivity index (χ0n) is 14.5. The molecule has 0 saturated carbocycles. The van der Waals surface area contributed by atoms with Crippen molar-refractivity contribution in [2.24, 2.45) is 0 Å². The van der Waals surface area contributed by atoms with Crippen molar-refractivity contribution in [2.45, 2.75) is 25.9 Å². The summed E-state index contributed by atoms with van der Waals surface area (Å²) in [6.45, 7) is 3.26. The first-order valence-electron chi connectivity index (χ1n) is 8.66. The summed E-state index contributed by atoms with van der Waals surface area (Å²) in [5, 5.41) is 24.8.